The fourth-order valence-corrected chi connectivity index (χ4v) is 0.458. The summed E-state index contributed by atoms with van der Waals surface area (Å²) in [6, 6.07) is 0. The maximum Gasteiger partial charge on any atom is 0.0967 e. The molecule has 0 radical (unpaired) electrons. The van der Waals surface area contributed by atoms with Gasteiger partial charge in [-0.3, -0.25) is 0 Å². The first-order chi connectivity index (χ1) is 8.35. The van der Waals surface area contributed by atoms with Gasteiger partial charge in [-0.25, -0.2) is 14.5 Å². The van der Waals surface area contributed by atoms with E-state index in [4.69, 9.17) is 48.5 Å². The summed E-state index contributed by atoms with van der Waals surface area (Å²) in [6.45, 7) is -0.505. The van der Waals surface area contributed by atoms with E-state index in [0.29, 0.717) is 5.39 Å². The largest absolute Gasteiger partial charge is 0.394 e. The number of hydrogen-bond donors (Lipinski definition) is 4. The normalized spacial score (nSPS) is 11.3. The molecule has 0 rings (SSSR count). The molecule has 0 saturated carbocycles. The quantitative estimate of drug-likeness (QED) is 0.297. The average molecular weight is 298 g/mol. The van der Waals surface area contributed by atoms with Gasteiger partial charge in [-0.05, 0) is 0 Å². The molecule has 0 spiro atoms. The molecule has 0 aromatic carbocycles. The molecule has 0 aliphatic heterocycles. The second-order valence-electron chi connectivity index (χ2n) is 2.29. The van der Waals surface area contributed by atoms with Crippen molar-refractivity contribution in [2.45, 2.75) is 0 Å². The van der Waals surface area contributed by atoms with Crippen LogP contribution >= 0.6 is 0 Å². The number of nitrogens with zero attached hydrogens (tertiary/aromatic N) is 1. The number of aliphatic hydroxyl groups excluding tert-OH is 3. The second-order valence-corrected chi connectivity index (χ2v) is 3.08. The highest BCUT2D eigenvalue weighted by atomic mass is 35.7. The van der Waals surface area contributed by atoms with E-state index in [0.717, 1.165) is 0 Å². The lowest BCUT2D eigenvalue weighted by Crippen LogP contribution is -2.58. The van der Waals surface area contributed by atoms with Gasteiger partial charge in [0.1, 0.15) is 0 Å². The third-order valence-corrected chi connectivity index (χ3v) is 0.864. The highest BCUT2D eigenvalue weighted by Crippen LogP contribution is 1.93. The topological polar surface area (TPSA) is 181 Å². The van der Waals surface area contributed by atoms with Gasteiger partial charge in [0.25, 0.3) is 0 Å². The molecule has 0 amide bonds. The number of halogens is 1. The zero-order chi connectivity index (χ0) is 14.4. The van der Waals surface area contributed by atoms with Crippen LogP contribution in [0.4, 0.5) is 0 Å². The van der Waals surface area contributed by atoms with Crippen LogP contribution in [0.3, 0.4) is 0 Å². The van der Waals surface area contributed by atoms with Crippen LogP contribution < -0.4 is 14.0 Å². The Balaban J connectivity index is 0. The molecule has 0 fully saturated rings. The van der Waals surface area contributed by atoms with Gasteiger partial charge >= 0.3 is 0 Å². The first-order valence-electron chi connectivity index (χ1n) is 4.49. The molecule has 0 aliphatic rings. The Morgan fingerprint density at radius 2 is 1.00 bits per heavy atom. The third-order valence-electron chi connectivity index (χ3n) is 0.864. The van der Waals surface area contributed by atoms with Crippen molar-refractivity contribution in [3.63, 3.8) is 0 Å². The molecule has 11 nitrogen and oxygen atoms in total. The van der Waals surface area contributed by atoms with Crippen molar-refractivity contribution >= 4 is 0 Å². The average Bonchev–Trinajstić information content (AvgIpc) is 2.26. The van der Waals surface area contributed by atoms with Gasteiger partial charge in [0.2, 0.25) is 0 Å². The first-order valence-corrected chi connectivity index (χ1v) is 5.76. The summed E-state index contributed by atoms with van der Waals surface area (Å²) in [7, 11) is -4.69. The van der Waals surface area contributed by atoms with Crippen molar-refractivity contribution in [3.8, 4) is 0 Å². The van der Waals surface area contributed by atoms with Gasteiger partial charge in [-0.15, -0.1) is 0 Å². The smallest absolute Gasteiger partial charge is 0.0967 e. The fourth-order valence-electron chi connectivity index (χ4n) is 0.458. The van der Waals surface area contributed by atoms with Crippen LogP contribution in [0, 0.1) is 10.2 Å². The molecule has 0 aromatic heterocycles. The van der Waals surface area contributed by atoms with Crippen molar-refractivity contribution in [2.75, 3.05) is 39.6 Å². The maximum atomic E-state index is 8.60. The lowest BCUT2D eigenvalue weighted by molar-refractivity contribution is -1.92. The van der Waals surface area contributed by atoms with E-state index in [1.807, 2.05) is 0 Å². The molecule has 0 bridgehead atoms. The molecule has 0 aromatic rings. The molecule has 112 valence electrons. The minimum atomic E-state index is -4.69. The Morgan fingerprint density at radius 1 is 0.778 bits per heavy atom. The zero-order valence-corrected chi connectivity index (χ0v) is 10.1. The first kappa shape index (κ1) is 20.2. The highest BCUT2D eigenvalue weighted by molar-refractivity contribution is 4.19. The molecule has 0 aliphatic carbocycles. The Morgan fingerprint density at radius 3 is 1.17 bits per heavy atom. The van der Waals surface area contributed by atoms with Crippen molar-refractivity contribution in [2.24, 2.45) is 0 Å². The van der Waals surface area contributed by atoms with Gasteiger partial charge in [0.05, 0.1) is 59.9 Å². The Labute approximate surface area is 105 Å². The van der Waals surface area contributed by atoms with E-state index in [1.165, 1.54) is 0 Å². The van der Waals surface area contributed by atoms with Crippen molar-refractivity contribution in [1.82, 2.24) is 5.39 Å². The van der Waals surface area contributed by atoms with Gasteiger partial charge < -0.3 is 15.3 Å². The fraction of sp³-hybridized carbons (Fsp3) is 1.00. The summed E-state index contributed by atoms with van der Waals surface area (Å²) in [5.74, 6) is 0. The monoisotopic (exact) mass is 297 g/mol. The zero-order valence-electron chi connectivity index (χ0n) is 9.31. The standard InChI is InChI=1S/C6H15NO6.ClHO4/c8-1-4-11-7(12-5-2-9)13-6-3-10;2-1(3,4)5/h8-10H,1-6H2;(H,2,3,4,5). The van der Waals surface area contributed by atoms with Crippen molar-refractivity contribution in [1.29, 1.82) is 0 Å². The van der Waals surface area contributed by atoms with E-state index in [9.17, 15) is 0 Å². The van der Waals surface area contributed by atoms with Crippen LogP contribution in [0.15, 0.2) is 0 Å². The summed E-state index contributed by atoms with van der Waals surface area (Å²) in [4.78, 5) is 14.1. The van der Waals surface area contributed by atoms with Gasteiger partial charge in [-0.1, -0.05) is 0 Å². The highest BCUT2D eigenvalue weighted by Gasteiger charge is 2.05. The molecule has 0 atom stereocenters. The van der Waals surface area contributed by atoms with Crippen LogP contribution in [-0.4, -0.2) is 65.0 Å². The lowest BCUT2D eigenvalue weighted by atomic mass is 10.8. The molecule has 0 saturated heterocycles. The lowest BCUT2D eigenvalue weighted by Gasteiger charge is -2.17. The van der Waals surface area contributed by atoms with Crippen LogP contribution in [0.1, 0.15) is 0 Å². The maximum absolute atomic E-state index is 8.60. The van der Waals surface area contributed by atoms with E-state index in [-0.39, 0.29) is 39.6 Å². The summed E-state index contributed by atoms with van der Waals surface area (Å²) in [6.07, 6.45) is 0. The number of hydrogen-bond acceptors (Lipinski definition) is 11. The molecular weight excluding hydrogens is 282 g/mol. The van der Waals surface area contributed by atoms with Gasteiger partial charge in [0.15, 0.2) is 0 Å². The molecular formula is C6H16ClNO10. The SMILES string of the molecule is OCCON(OCCO)OCCO.[O-][Cl+3]([O-])([O-])O. The molecule has 0 heterocycles. The third kappa shape index (κ3) is 24.9. The van der Waals surface area contributed by atoms with Crippen molar-refractivity contribution < 1.29 is 58.7 Å². The molecule has 0 unspecified atom stereocenters. The Bertz CT molecular complexity index is 142. The number of rotatable bonds is 9. The van der Waals surface area contributed by atoms with Crippen LogP contribution in [0.25, 0.3) is 0 Å². The summed E-state index contributed by atoms with van der Waals surface area (Å²) >= 11 is 0. The summed E-state index contributed by atoms with van der Waals surface area (Å²) in [5, 5.41) is 25.9. The van der Waals surface area contributed by atoms with Crippen LogP contribution in [0.2, 0.25) is 0 Å². The van der Waals surface area contributed by atoms with E-state index < -0.39 is 10.2 Å². The van der Waals surface area contributed by atoms with E-state index >= 15 is 0 Å². The number of aliphatic hydroxyl groups is 3. The van der Waals surface area contributed by atoms with Crippen LogP contribution in [-0.2, 0) is 14.5 Å². The van der Waals surface area contributed by atoms with Crippen molar-refractivity contribution in [3.05, 3.63) is 0 Å². The summed E-state index contributed by atoms with van der Waals surface area (Å²) in [5.41, 5.74) is 0. The second kappa shape index (κ2) is 13.3. The molecule has 18 heavy (non-hydrogen) atoms. The Hall–Kier alpha value is -0.150. The van der Waals surface area contributed by atoms with Crippen LogP contribution in [0.5, 0.6) is 0 Å². The van der Waals surface area contributed by atoms with Gasteiger partial charge in [0, 0.05) is 0 Å². The minimum Gasteiger partial charge on any atom is -0.394 e. The predicted molar refractivity (Wildman–Crippen MR) is 43.2 cm³/mol. The minimum absolute atomic E-state index is 0.0108. The van der Waals surface area contributed by atoms with E-state index in [1.54, 1.807) is 0 Å². The predicted octanol–water partition coefficient (Wildman–Crippen LogP) is -6.06. The van der Waals surface area contributed by atoms with E-state index in [2.05, 4.69) is 0 Å². The summed E-state index contributed by atoms with van der Waals surface area (Å²) < 4.78 is 32.7. The molecule has 4 N–H and O–H groups in total. The molecule has 12 heteroatoms. The Kier molecular flexibility index (Phi) is 14.9. The van der Waals surface area contributed by atoms with Gasteiger partial charge in [-0.2, -0.15) is 14.0 Å².